The number of piperazine rings is 1. The summed E-state index contributed by atoms with van der Waals surface area (Å²) in [5, 5.41) is 2.76. The molecule has 1 aliphatic rings. The molecule has 0 aromatic heterocycles. The summed E-state index contributed by atoms with van der Waals surface area (Å²) in [6.45, 7) is 5.49. The highest BCUT2D eigenvalue weighted by Crippen LogP contribution is 2.26. The van der Waals surface area contributed by atoms with Crippen LogP contribution in [0.15, 0.2) is 22.7 Å². The average molecular weight is 554 g/mol. The molecule has 196 valence electrons. The second kappa shape index (κ2) is 16.6. The van der Waals surface area contributed by atoms with E-state index in [4.69, 9.17) is 9.47 Å². The molecule has 1 unspecified atom stereocenters. The van der Waals surface area contributed by atoms with Crippen LogP contribution in [-0.4, -0.2) is 55.0 Å². The van der Waals surface area contributed by atoms with Gasteiger partial charge in [0.15, 0.2) is 0 Å². The number of carbonyl (C=O) groups excluding carboxylic acids is 3. The first-order valence-corrected chi connectivity index (χ1v) is 13.9. The van der Waals surface area contributed by atoms with Gasteiger partial charge >= 0.3 is 5.97 Å². The highest BCUT2D eigenvalue weighted by molar-refractivity contribution is 9.10. The van der Waals surface area contributed by atoms with Crippen molar-refractivity contribution in [2.24, 2.45) is 0 Å². The summed E-state index contributed by atoms with van der Waals surface area (Å²) in [6, 6.07) is 4.30. The molecule has 0 spiro atoms. The fraction of sp³-hybridized carbons (Fsp3) is 0.667. The van der Waals surface area contributed by atoms with Crippen molar-refractivity contribution >= 4 is 33.7 Å². The molecule has 0 bridgehead atoms. The molecule has 7 nitrogen and oxygen atoms in total. The SMILES string of the molecule is CCCCCCCCCCCCOC(=O)CC1C(=O)NCCN1C(=O)c1cc(Br)ccc1OCC. The molecule has 1 fully saturated rings. The Morgan fingerprint density at radius 1 is 1.03 bits per heavy atom. The van der Waals surface area contributed by atoms with Crippen molar-refractivity contribution in [2.45, 2.75) is 90.5 Å². The molecule has 8 heteroatoms. The van der Waals surface area contributed by atoms with Gasteiger partial charge in [-0.1, -0.05) is 80.6 Å². The molecule has 1 aromatic rings. The summed E-state index contributed by atoms with van der Waals surface area (Å²) < 4.78 is 11.7. The van der Waals surface area contributed by atoms with Gasteiger partial charge in [-0.25, -0.2) is 0 Å². The van der Waals surface area contributed by atoms with Crippen LogP contribution in [0.1, 0.15) is 94.8 Å². The summed E-state index contributed by atoms with van der Waals surface area (Å²) in [4.78, 5) is 39.8. The molecule has 1 aliphatic heterocycles. The van der Waals surface area contributed by atoms with Crippen molar-refractivity contribution in [2.75, 3.05) is 26.3 Å². The van der Waals surface area contributed by atoms with Gasteiger partial charge in [-0.2, -0.15) is 0 Å². The highest BCUT2D eigenvalue weighted by atomic mass is 79.9. The Kier molecular flexibility index (Phi) is 13.8. The molecule has 35 heavy (non-hydrogen) atoms. The van der Waals surface area contributed by atoms with Crippen LogP contribution in [0, 0.1) is 0 Å². The minimum Gasteiger partial charge on any atom is -0.493 e. The van der Waals surface area contributed by atoms with E-state index >= 15 is 0 Å². The number of rotatable bonds is 16. The quantitative estimate of drug-likeness (QED) is 0.212. The standard InChI is InChI=1S/C27H41BrN2O5/c1-3-5-6-7-8-9-10-11-12-13-18-35-25(31)20-23-26(32)29-16-17-30(23)27(33)22-19-21(28)14-15-24(22)34-4-2/h14-15,19,23H,3-13,16-18,20H2,1-2H3,(H,29,32). The van der Waals surface area contributed by atoms with Crippen molar-refractivity contribution in [3.63, 3.8) is 0 Å². The number of nitrogens with one attached hydrogen (secondary N) is 1. The number of nitrogens with zero attached hydrogens (tertiary/aromatic N) is 1. The Labute approximate surface area is 218 Å². The van der Waals surface area contributed by atoms with Crippen molar-refractivity contribution in [3.8, 4) is 5.75 Å². The minimum atomic E-state index is -0.898. The van der Waals surface area contributed by atoms with E-state index in [1.807, 2.05) is 6.92 Å². The monoisotopic (exact) mass is 552 g/mol. The van der Waals surface area contributed by atoms with E-state index in [0.717, 1.165) is 23.7 Å². The average Bonchev–Trinajstić information content (AvgIpc) is 2.84. The Morgan fingerprint density at radius 2 is 1.69 bits per heavy atom. The lowest BCUT2D eigenvalue weighted by Crippen LogP contribution is -2.57. The predicted octanol–water partition coefficient (Wildman–Crippen LogP) is 5.64. The van der Waals surface area contributed by atoms with Crippen LogP contribution in [0.5, 0.6) is 5.75 Å². The zero-order valence-corrected chi connectivity index (χ0v) is 22.9. The van der Waals surface area contributed by atoms with Gasteiger partial charge in [0, 0.05) is 17.6 Å². The molecular formula is C27H41BrN2O5. The van der Waals surface area contributed by atoms with Gasteiger partial charge in [0.2, 0.25) is 5.91 Å². The van der Waals surface area contributed by atoms with E-state index in [0.29, 0.717) is 37.6 Å². The molecule has 1 aromatic carbocycles. The fourth-order valence-electron chi connectivity index (χ4n) is 4.26. The van der Waals surface area contributed by atoms with E-state index in [1.54, 1.807) is 18.2 Å². The molecule has 0 saturated carbocycles. The van der Waals surface area contributed by atoms with E-state index in [-0.39, 0.29) is 18.2 Å². The first-order chi connectivity index (χ1) is 17.0. The summed E-state index contributed by atoms with van der Waals surface area (Å²) in [5.74, 6) is -0.681. The lowest BCUT2D eigenvalue weighted by atomic mass is 10.1. The van der Waals surface area contributed by atoms with E-state index in [2.05, 4.69) is 28.2 Å². The van der Waals surface area contributed by atoms with E-state index in [9.17, 15) is 14.4 Å². The Balaban J connectivity index is 1.79. The second-order valence-electron chi connectivity index (χ2n) is 8.99. The fourth-order valence-corrected chi connectivity index (χ4v) is 4.62. The van der Waals surface area contributed by atoms with Gasteiger partial charge in [-0.3, -0.25) is 14.4 Å². The van der Waals surface area contributed by atoms with Crippen LogP contribution in [0.4, 0.5) is 0 Å². The predicted molar refractivity (Wildman–Crippen MR) is 141 cm³/mol. The maximum atomic E-state index is 13.3. The van der Waals surface area contributed by atoms with Gasteiger partial charge in [0.05, 0.1) is 25.2 Å². The van der Waals surface area contributed by atoms with Crippen LogP contribution < -0.4 is 10.1 Å². The third kappa shape index (κ3) is 10.2. The highest BCUT2D eigenvalue weighted by Gasteiger charge is 2.36. The van der Waals surface area contributed by atoms with E-state index in [1.165, 1.54) is 49.8 Å². The second-order valence-corrected chi connectivity index (χ2v) is 9.90. The molecule has 1 N–H and O–H groups in total. The molecular weight excluding hydrogens is 512 g/mol. The first-order valence-electron chi connectivity index (χ1n) is 13.1. The van der Waals surface area contributed by atoms with Crippen LogP contribution in [0.2, 0.25) is 0 Å². The van der Waals surface area contributed by atoms with Gasteiger partial charge in [0.1, 0.15) is 11.8 Å². The van der Waals surface area contributed by atoms with Gasteiger partial charge in [-0.05, 0) is 31.5 Å². The largest absolute Gasteiger partial charge is 0.493 e. The van der Waals surface area contributed by atoms with Gasteiger partial charge in [-0.15, -0.1) is 0 Å². The molecule has 1 heterocycles. The molecule has 0 radical (unpaired) electrons. The smallest absolute Gasteiger partial charge is 0.308 e. The lowest BCUT2D eigenvalue weighted by molar-refractivity contribution is -0.147. The van der Waals surface area contributed by atoms with Crippen LogP contribution in [0.3, 0.4) is 0 Å². The zero-order chi connectivity index (χ0) is 25.5. The number of halogens is 1. The Hall–Kier alpha value is -2.09. The minimum absolute atomic E-state index is 0.159. The summed E-state index contributed by atoms with van der Waals surface area (Å²) in [5.41, 5.74) is 0.361. The van der Waals surface area contributed by atoms with Crippen LogP contribution in [-0.2, 0) is 14.3 Å². The molecule has 0 aliphatic carbocycles. The Bertz CT molecular complexity index is 817. The van der Waals surface area contributed by atoms with Crippen molar-refractivity contribution < 1.29 is 23.9 Å². The maximum absolute atomic E-state index is 13.3. The van der Waals surface area contributed by atoms with Crippen molar-refractivity contribution in [3.05, 3.63) is 28.2 Å². The number of unbranched alkanes of at least 4 members (excludes halogenated alkanes) is 9. The maximum Gasteiger partial charge on any atom is 0.308 e. The number of hydrogen-bond donors (Lipinski definition) is 1. The Morgan fingerprint density at radius 3 is 2.34 bits per heavy atom. The molecule has 1 atom stereocenters. The number of amides is 2. The number of carbonyl (C=O) groups is 3. The van der Waals surface area contributed by atoms with Crippen molar-refractivity contribution in [1.82, 2.24) is 10.2 Å². The third-order valence-electron chi connectivity index (χ3n) is 6.18. The number of ether oxygens (including phenoxy) is 2. The van der Waals surface area contributed by atoms with Gasteiger partial charge < -0.3 is 19.7 Å². The lowest BCUT2D eigenvalue weighted by Gasteiger charge is -2.35. The number of esters is 1. The molecule has 2 amide bonds. The normalized spacial score (nSPS) is 15.6. The van der Waals surface area contributed by atoms with Crippen molar-refractivity contribution in [1.29, 1.82) is 0 Å². The summed E-state index contributed by atoms with van der Waals surface area (Å²) in [7, 11) is 0. The van der Waals surface area contributed by atoms with E-state index < -0.39 is 12.0 Å². The number of hydrogen-bond acceptors (Lipinski definition) is 5. The third-order valence-corrected chi connectivity index (χ3v) is 6.68. The summed E-state index contributed by atoms with van der Waals surface area (Å²) in [6.07, 6.45) is 11.9. The van der Waals surface area contributed by atoms with Gasteiger partial charge in [0.25, 0.3) is 5.91 Å². The van der Waals surface area contributed by atoms with Crippen LogP contribution in [0.25, 0.3) is 0 Å². The first kappa shape index (κ1) is 29.1. The number of benzene rings is 1. The zero-order valence-electron chi connectivity index (χ0n) is 21.3. The molecule has 1 saturated heterocycles. The summed E-state index contributed by atoms with van der Waals surface area (Å²) >= 11 is 3.39. The topological polar surface area (TPSA) is 84.9 Å². The van der Waals surface area contributed by atoms with Crippen LogP contribution >= 0.6 is 15.9 Å². The molecule has 2 rings (SSSR count).